The number of carbonyl (C=O) groups excluding carboxylic acids is 2. The fourth-order valence-corrected chi connectivity index (χ4v) is 21.3. The van der Waals surface area contributed by atoms with E-state index in [4.69, 9.17) is 25.5 Å². The first-order chi connectivity index (χ1) is 56.8. The topological polar surface area (TPSA) is 127 Å². The van der Waals surface area contributed by atoms with E-state index in [-0.39, 0.29) is 40.3 Å². The van der Waals surface area contributed by atoms with Crippen LogP contribution in [0.3, 0.4) is 0 Å². The second-order valence-corrected chi connectivity index (χ2v) is 34.4. The summed E-state index contributed by atoms with van der Waals surface area (Å²) in [5.41, 5.74) is 2.27. The van der Waals surface area contributed by atoms with Crippen LogP contribution in [0.5, 0.6) is 23.3 Å². The van der Waals surface area contributed by atoms with Crippen molar-refractivity contribution < 1.29 is 49.0 Å². The second kappa shape index (κ2) is 49.8. The zero-order valence-corrected chi connectivity index (χ0v) is 70.4. The molecule has 0 fully saturated rings. The fraction of sp³-hybridized carbons (Fsp3) is 0.0500. The third-order valence-corrected chi connectivity index (χ3v) is 27.7. The summed E-state index contributed by atoms with van der Waals surface area (Å²) in [5, 5.41) is 16.8. The SMILES string of the molecule is C.COc1cc(C=O)c(OCc2cccnc2Br)cn1.[C-]#[N+]c1ncccc1COc1cnc(OC)cc1C=O.[Pd].c1ccc(P(c2ccccc2)c2ccccc2)cc1.c1ccc(P(c2ccccc2)c2ccccc2)cc1.c1ccc(P(c2ccccc2)c2ccccc2)cc1.c1ccc(P(c2ccccc2)c2ccccc2)cc1. The summed E-state index contributed by atoms with van der Waals surface area (Å²) in [6, 6.07) is 139. The zero-order chi connectivity index (χ0) is 79.7. The van der Waals surface area contributed by atoms with Crippen molar-refractivity contribution in [1.29, 1.82) is 0 Å². The van der Waals surface area contributed by atoms with Crippen molar-refractivity contribution >= 4 is 130 Å². The van der Waals surface area contributed by atoms with Crippen molar-refractivity contribution in [2.24, 2.45) is 0 Å². The number of aldehydes is 2. The van der Waals surface area contributed by atoms with Crippen LogP contribution < -0.4 is 82.6 Å². The molecule has 0 unspecified atom stereocenters. The van der Waals surface area contributed by atoms with Gasteiger partial charge in [0.15, 0.2) is 12.6 Å². The molecule has 4 aromatic heterocycles. The van der Waals surface area contributed by atoms with Gasteiger partial charge in [-0.05, 0) is 123 Å². The Kier molecular flexibility index (Phi) is 37.9. The van der Waals surface area contributed by atoms with E-state index in [1.165, 1.54) is 102 Å². The van der Waals surface area contributed by atoms with Gasteiger partial charge in [0, 0.05) is 49.9 Å². The van der Waals surface area contributed by atoms with Crippen LogP contribution in [0.25, 0.3) is 4.85 Å². The number of benzene rings is 12. The molecule has 584 valence electrons. The van der Waals surface area contributed by atoms with Gasteiger partial charge in [-0.2, -0.15) is 0 Å². The summed E-state index contributed by atoms with van der Waals surface area (Å²) >= 11 is 3.33. The number of aromatic nitrogens is 4. The summed E-state index contributed by atoms with van der Waals surface area (Å²) in [6.45, 7) is 7.46. The number of nitrogens with zero attached hydrogens (tertiary/aromatic N) is 5. The Morgan fingerprint density at radius 3 is 0.735 bits per heavy atom. The molecule has 0 amide bonds. The van der Waals surface area contributed by atoms with E-state index in [2.05, 4.69) is 405 Å². The molecule has 0 bridgehead atoms. The second-order valence-electron chi connectivity index (χ2n) is 24.8. The normalized spacial score (nSPS) is 10.1. The molecule has 0 aliphatic heterocycles. The average Bonchev–Trinajstić information content (AvgIpc) is 0.826. The Morgan fingerprint density at radius 2 is 0.530 bits per heavy atom. The number of carbonyl (C=O) groups is 2. The third-order valence-electron chi connectivity index (χ3n) is 17.2. The first-order valence-electron chi connectivity index (χ1n) is 36.8. The van der Waals surface area contributed by atoms with Crippen molar-refractivity contribution in [2.45, 2.75) is 20.6 Å². The summed E-state index contributed by atoms with van der Waals surface area (Å²) in [5.74, 6) is 1.73. The fourth-order valence-electron chi connectivity index (χ4n) is 11.7. The molecule has 0 saturated heterocycles. The van der Waals surface area contributed by atoms with E-state index in [0.717, 1.165) is 5.56 Å². The predicted molar refractivity (Wildman–Crippen MR) is 491 cm³/mol. The minimum absolute atomic E-state index is 0. The van der Waals surface area contributed by atoms with Gasteiger partial charge >= 0.3 is 0 Å². The minimum atomic E-state index is -0.446. The average molecular weight is 1760 g/mol. The first kappa shape index (κ1) is 89.1. The molecule has 0 aliphatic rings. The van der Waals surface area contributed by atoms with Crippen LogP contribution >= 0.6 is 47.6 Å². The van der Waals surface area contributed by atoms with Crippen molar-refractivity contribution in [3.05, 3.63) is 463 Å². The maximum atomic E-state index is 11.0. The summed E-state index contributed by atoms with van der Waals surface area (Å²) in [6.07, 6.45) is 7.47. The Balaban J connectivity index is 0.000000160. The molecular formula is C100H86BrN5O6P4Pd. The smallest absolute Gasteiger partial charge is 0.276 e. The molecule has 17 heteroatoms. The van der Waals surface area contributed by atoms with Gasteiger partial charge in [-0.3, -0.25) is 9.59 Å². The number of rotatable bonds is 22. The Labute approximate surface area is 714 Å². The minimum Gasteiger partial charge on any atom is -0.488 e. The van der Waals surface area contributed by atoms with Crippen LogP contribution in [0.15, 0.2) is 430 Å². The maximum absolute atomic E-state index is 11.0. The van der Waals surface area contributed by atoms with Crippen molar-refractivity contribution in [2.75, 3.05) is 14.2 Å². The maximum Gasteiger partial charge on any atom is 0.276 e. The molecule has 0 spiro atoms. The van der Waals surface area contributed by atoms with Crippen LogP contribution in [0, 0.1) is 6.57 Å². The largest absolute Gasteiger partial charge is 0.488 e. The van der Waals surface area contributed by atoms with Gasteiger partial charge in [0.05, 0.1) is 37.7 Å². The number of pyridine rings is 4. The van der Waals surface area contributed by atoms with Crippen LogP contribution in [-0.2, 0) is 33.6 Å². The van der Waals surface area contributed by atoms with Crippen molar-refractivity contribution in [3.8, 4) is 23.3 Å². The molecule has 0 N–H and O–H groups in total. The molecule has 0 radical (unpaired) electrons. The van der Waals surface area contributed by atoms with Gasteiger partial charge in [0.1, 0.15) is 35.5 Å². The summed E-state index contributed by atoms with van der Waals surface area (Å²) in [4.78, 5) is 41.3. The zero-order valence-electron chi connectivity index (χ0n) is 63.7. The quantitative estimate of drug-likeness (QED) is 0.0213. The van der Waals surface area contributed by atoms with E-state index in [9.17, 15) is 9.59 Å². The summed E-state index contributed by atoms with van der Waals surface area (Å²) < 4.78 is 21.7. The predicted octanol–water partition coefficient (Wildman–Crippen LogP) is 19.5. The molecule has 11 nitrogen and oxygen atoms in total. The van der Waals surface area contributed by atoms with E-state index in [0.29, 0.717) is 63.7 Å². The van der Waals surface area contributed by atoms with Gasteiger partial charge in [-0.25, -0.2) is 15.0 Å². The number of ether oxygens (including phenoxy) is 4. The molecule has 12 aromatic carbocycles. The van der Waals surface area contributed by atoms with E-state index in [1.807, 2.05) is 12.1 Å². The molecule has 0 saturated carbocycles. The molecule has 0 atom stereocenters. The molecular weight excluding hydrogens is 1680 g/mol. The van der Waals surface area contributed by atoms with Crippen LogP contribution in [0.1, 0.15) is 39.3 Å². The van der Waals surface area contributed by atoms with Crippen LogP contribution in [0.4, 0.5) is 5.82 Å². The third kappa shape index (κ3) is 27.1. The molecule has 117 heavy (non-hydrogen) atoms. The molecule has 16 rings (SSSR count). The van der Waals surface area contributed by atoms with Crippen molar-refractivity contribution in [1.82, 2.24) is 19.9 Å². The monoisotopic (exact) mass is 1760 g/mol. The number of hydrogen-bond donors (Lipinski definition) is 0. The van der Waals surface area contributed by atoms with Gasteiger partial charge in [0.2, 0.25) is 11.8 Å². The molecule has 16 aromatic rings. The Bertz CT molecular complexity index is 4710. The van der Waals surface area contributed by atoms with Crippen LogP contribution in [0.2, 0.25) is 0 Å². The standard InChI is InChI=1S/4C18H15P.C14H11N3O3.C13H11BrN2O3.CH4.Pd/c4*1-4-10-16(11-5-1)19(17-12-6-2-7-13-17)18-14-8-3-9-15-18;1-15-14-10(4-3-5-16-14)9-20-12-7-17-13(19-2)6-11(12)8-18;1-18-12-5-10(7-17)11(6-16-12)19-8-9-3-2-4-15-13(9)14;;/h4*1-15H;3-8H,9H2,2H3;2-7H,8H2,1H3;1H4;. The Morgan fingerprint density at radius 1 is 0.316 bits per heavy atom. The van der Waals surface area contributed by atoms with Gasteiger partial charge in [-0.1, -0.05) is 390 Å². The van der Waals surface area contributed by atoms with Crippen molar-refractivity contribution in [3.63, 3.8) is 0 Å². The molecule has 4 heterocycles. The van der Waals surface area contributed by atoms with E-state index in [1.54, 1.807) is 24.5 Å². The number of methoxy groups -OCH3 is 2. The molecule has 0 aliphatic carbocycles. The summed E-state index contributed by atoms with van der Waals surface area (Å²) in [7, 11) is 1.17. The van der Waals surface area contributed by atoms with E-state index >= 15 is 0 Å². The van der Waals surface area contributed by atoms with Gasteiger partial charge in [0.25, 0.3) is 5.82 Å². The van der Waals surface area contributed by atoms with Crippen LogP contribution in [-0.4, -0.2) is 46.7 Å². The van der Waals surface area contributed by atoms with E-state index < -0.39 is 31.7 Å². The first-order valence-corrected chi connectivity index (χ1v) is 42.9. The van der Waals surface area contributed by atoms with Gasteiger partial charge in [-0.15, -0.1) is 4.98 Å². The van der Waals surface area contributed by atoms with Gasteiger partial charge < -0.3 is 23.8 Å². The Hall–Kier alpha value is -11.9. The number of halogens is 1. The number of hydrogen-bond acceptors (Lipinski definition) is 10.